The molecule has 0 atom stereocenters. The number of tetrazole rings is 1. The van der Waals surface area contributed by atoms with Gasteiger partial charge in [-0.2, -0.15) is 5.21 Å². The largest absolute Gasteiger partial charge is 0.464 e. The number of methoxy groups -OCH3 is 1. The molecule has 2 heterocycles. The summed E-state index contributed by atoms with van der Waals surface area (Å²) in [6.07, 6.45) is 3.43. The van der Waals surface area contributed by atoms with Crippen LogP contribution in [-0.2, 0) is 16.8 Å². The number of esters is 1. The molecular weight excluding hydrogens is 456 g/mol. The first kappa shape index (κ1) is 25.2. The quantitative estimate of drug-likeness (QED) is 0.306. The van der Waals surface area contributed by atoms with E-state index < -0.39 is 11.6 Å². The van der Waals surface area contributed by atoms with E-state index in [1.807, 2.05) is 66.9 Å². The zero-order valence-electron chi connectivity index (χ0n) is 21.2. The van der Waals surface area contributed by atoms with Gasteiger partial charge in [0.1, 0.15) is 17.1 Å². The number of carbonyl (C=O) groups is 1. The fraction of sp³-hybridized carbons (Fsp3) is 0.370. The highest BCUT2D eigenvalue weighted by Crippen LogP contribution is 2.35. The van der Waals surface area contributed by atoms with E-state index in [2.05, 4.69) is 27.5 Å². The van der Waals surface area contributed by atoms with Gasteiger partial charge in [0.05, 0.1) is 7.11 Å². The Morgan fingerprint density at radius 1 is 1.06 bits per heavy atom. The molecule has 4 aromatic rings. The van der Waals surface area contributed by atoms with Crippen molar-refractivity contribution in [1.82, 2.24) is 30.2 Å². The number of nitrogens with zero attached hydrogens (tertiary/aromatic N) is 5. The van der Waals surface area contributed by atoms with Gasteiger partial charge in [0.2, 0.25) is 5.82 Å². The van der Waals surface area contributed by atoms with Gasteiger partial charge in [0.15, 0.2) is 5.69 Å². The van der Waals surface area contributed by atoms with Crippen LogP contribution in [-0.4, -0.2) is 48.4 Å². The Kier molecular flexibility index (Phi) is 7.59. The second-order valence-electron chi connectivity index (χ2n) is 8.72. The molecule has 0 saturated heterocycles. The van der Waals surface area contributed by atoms with Crippen molar-refractivity contribution in [2.75, 3.05) is 7.11 Å². The van der Waals surface area contributed by atoms with E-state index in [-0.39, 0.29) is 5.69 Å². The molecule has 0 aliphatic carbocycles. The third kappa shape index (κ3) is 4.66. The van der Waals surface area contributed by atoms with Gasteiger partial charge in [-0.3, -0.25) is 4.57 Å². The number of aryl methyl sites for hydroxylation is 1. The molecule has 4 rings (SSSR count). The standard InChI is InChI=1S/C27H32N6O3/c1-5-8-13-22-28-24(27(35,6-2)7-3)23(26(34)36-4)33(22)19-16-14-18(15-17-19)20-11-9-10-12-21(20)25-29-31-32-30-25/h9-12,14-17,35H,5-8,13H2,1-4H3,(H,29,30,31,32). The molecule has 2 N–H and O–H groups in total. The number of rotatable bonds is 10. The lowest BCUT2D eigenvalue weighted by molar-refractivity contribution is 0.0213. The van der Waals surface area contributed by atoms with E-state index in [0.29, 0.717) is 30.8 Å². The van der Waals surface area contributed by atoms with Crippen LogP contribution in [0.15, 0.2) is 48.5 Å². The van der Waals surface area contributed by atoms with Crippen LogP contribution in [0.2, 0.25) is 0 Å². The molecular formula is C27H32N6O3. The molecule has 36 heavy (non-hydrogen) atoms. The predicted molar refractivity (Wildman–Crippen MR) is 137 cm³/mol. The van der Waals surface area contributed by atoms with Crippen molar-refractivity contribution >= 4 is 5.97 Å². The molecule has 2 aromatic heterocycles. The minimum Gasteiger partial charge on any atom is -0.464 e. The Hall–Kier alpha value is -3.85. The topological polar surface area (TPSA) is 119 Å². The average Bonchev–Trinajstić information content (AvgIpc) is 3.60. The van der Waals surface area contributed by atoms with E-state index in [9.17, 15) is 9.90 Å². The lowest BCUT2D eigenvalue weighted by Crippen LogP contribution is -2.27. The summed E-state index contributed by atoms with van der Waals surface area (Å²) in [5.41, 5.74) is 2.98. The van der Waals surface area contributed by atoms with Crippen molar-refractivity contribution in [2.45, 2.75) is 58.5 Å². The zero-order chi connectivity index (χ0) is 25.7. The minimum atomic E-state index is -1.22. The first-order valence-electron chi connectivity index (χ1n) is 12.3. The van der Waals surface area contributed by atoms with E-state index >= 15 is 0 Å². The smallest absolute Gasteiger partial charge is 0.357 e. The first-order chi connectivity index (χ1) is 17.5. The second-order valence-corrected chi connectivity index (χ2v) is 8.72. The van der Waals surface area contributed by atoms with Crippen LogP contribution in [0.4, 0.5) is 0 Å². The number of unbranched alkanes of at least 4 members (excludes halogenated alkanes) is 1. The molecule has 2 aromatic carbocycles. The van der Waals surface area contributed by atoms with Crippen LogP contribution >= 0.6 is 0 Å². The van der Waals surface area contributed by atoms with Crippen molar-refractivity contribution < 1.29 is 14.6 Å². The van der Waals surface area contributed by atoms with Crippen LogP contribution in [0.25, 0.3) is 28.2 Å². The number of carbonyl (C=O) groups excluding carboxylic acids is 1. The monoisotopic (exact) mass is 488 g/mol. The first-order valence-corrected chi connectivity index (χ1v) is 12.3. The highest BCUT2D eigenvalue weighted by Gasteiger charge is 2.37. The minimum absolute atomic E-state index is 0.273. The number of aromatic nitrogens is 6. The highest BCUT2D eigenvalue weighted by atomic mass is 16.5. The number of imidazole rings is 1. The summed E-state index contributed by atoms with van der Waals surface area (Å²) in [5.74, 6) is 0.724. The van der Waals surface area contributed by atoms with Crippen molar-refractivity contribution in [2.24, 2.45) is 0 Å². The van der Waals surface area contributed by atoms with Crippen molar-refractivity contribution in [3.63, 3.8) is 0 Å². The fourth-order valence-corrected chi connectivity index (χ4v) is 4.44. The van der Waals surface area contributed by atoms with Crippen molar-refractivity contribution in [1.29, 1.82) is 0 Å². The molecule has 0 aliphatic rings. The van der Waals surface area contributed by atoms with Gasteiger partial charge in [0.25, 0.3) is 0 Å². The number of ether oxygens (including phenoxy) is 1. The van der Waals surface area contributed by atoms with Crippen molar-refractivity contribution in [3.05, 3.63) is 65.7 Å². The van der Waals surface area contributed by atoms with Crippen LogP contribution in [0, 0.1) is 0 Å². The van der Waals surface area contributed by atoms with Gasteiger partial charge in [-0.15, -0.1) is 10.2 Å². The molecule has 0 amide bonds. The van der Waals surface area contributed by atoms with Gasteiger partial charge >= 0.3 is 5.97 Å². The maximum absolute atomic E-state index is 13.0. The van der Waals surface area contributed by atoms with Crippen LogP contribution < -0.4 is 0 Å². The summed E-state index contributed by atoms with van der Waals surface area (Å²) in [6.45, 7) is 5.90. The number of benzene rings is 2. The number of aromatic amines is 1. The maximum Gasteiger partial charge on any atom is 0.357 e. The summed E-state index contributed by atoms with van der Waals surface area (Å²) in [4.78, 5) is 17.9. The summed E-state index contributed by atoms with van der Waals surface area (Å²) in [6, 6.07) is 15.7. The summed E-state index contributed by atoms with van der Waals surface area (Å²) in [7, 11) is 1.35. The molecule has 0 aliphatic heterocycles. The second kappa shape index (κ2) is 10.8. The number of hydrogen-bond donors (Lipinski definition) is 2. The molecule has 0 fully saturated rings. The Labute approximate surface area is 210 Å². The molecule has 188 valence electrons. The lowest BCUT2D eigenvalue weighted by Gasteiger charge is -2.24. The van der Waals surface area contributed by atoms with Crippen LogP contribution in [0.3, 0.4) is 0 Å². The summed E-state index contributed by atoms with van der Waals surface area (Å²) < 4.78 is 6.99. The SMILES string of the molecule is CCCCc1nc(C(O)(CC)CC)c(C(=O)OC)n1-c1ccc(-c2ccccc2-c2nn[nH]n2)cc1. The molecule has 0 spiro atoms. The lowest BCUT2D eigenvalue weighted by atomic mass is 9.92. The Morgan fingerprint density at radius 3 is 2.33 bits per heavy atom. The average molecular weight is 489 g/mol. The van der Waals surface area contributed by atoms with Gasteiger partial charge in [-0.05, 0) is 47.7 Å². The van der Waals surface area contributed by atoms with E-state index in [1.165, 1.54) is 7.11 Å². The number of aliphatic hydroxyl groups is 1. The number of nitrogens with one attached hydrogen (secondary N) is 1. The van der Waals surface area contributed by atoms with Gasteiger partial charge in [-0.25, -0.2) is 9.78 Å². The molecule has 0 bridgehead atoms. The van der Waals surface area contributed by atoms with Crippen LogP contribution in [0.5, 0.6) is 0 Å². The maximum atomic E-state index is 13.0. The Morgan fingerprint density at radius 2 is 1.75 bits per heavy atom. The van der Waals surface area contributed by atoms with E-state index in [0.717, 1.165) is 41.0 Å². The normalized spacial score (nSPS) is 11.6. The molecule has 9 heteroatoms. The van der Waals surface area contributed by atoms with Crippen LogP contribution in [0.1, 0.15) is 68.5 Å². The molecule has 0 saturated carbocycles. The molecule has 0 radical (unpaired) electrons. The molecule has 0 unspecified atom stereocenters. The molecule has 9 nitrogen and oxygen atoms in total. The van der Waals surface area contributed by atoms with Gasteiger partial charge < -0.3 is 9.84 Å². The Balaban J connectivity index is 1.86. The van der Waals surface area contributed by atoms with E-state index in [4.69, 9.17) is 9.72 Å². The Bertz CT molecular complexity index is 1310. The number of H-pyrrole nitrogens is 1. The zero-order valence-corrected chi connectivity index (χ0v) is 21.2. The highest BCUT2D eigenvalue weighted by molar-refractivity contribution is 5.90. The summed E-state index contributed by atoms with van der Waals surface area (Å²) in [5, 5.41) is 25.8. The predicted octanol–water partition coefficient (Wildman–Crippen LogP) is 4.86. The van der Waals surface area contributed by atoms with Crippen molar-refractivity contribution in [3.8, 4) is 28.2 Å². The van der Waals surface area contributed by atoms with Gasteiger partial charge in [-0.1, -0.05) is 63.6 Å². The number of hydrogen-bond acceptors (Lipinski definition) is 7. The van der Waals surface area contributed by atoms with E-state index in [1.54, 1.807) is 0 Å². The third-order valence-electron chi connectivity index (χ3n) is 6.64. The third-order valence-corrected chi connectivity index (χ3v) is 6.64. The van der Waals surface area contributed by atoms with Gasteiger partial charge in [0, 0.05) is 17.7 Å². The summed E-state index contributed by atoms with van der Waals surface area (Å²) >= 11 is 0. The fourth-order valence-electron chi connectivity index (χ4n) is 4.44.